The molecule has 11 heavy (non-hydrogen) atoms. The molecule has 0 spiro atoms. The Bertz CT molecular complexity index is 146. The van der Waals surface area contributed by atoms with Crippen molar-refractivity contribution in [2.75, 3.05) is 18.5 Å². The van der Waals surface area contributed by atoms with Crippen molar-refractivity contribution in [2.45, 2.75) is 39.0 Å². The van der Waals surface area contributed by atoms with Gasteiger partial charge in [0.05, 0.1) is 0 Å². The zero-order chi connectivity index (χ0) is 8.16. The predicted octanol–water partition coefficient (Wildman–Crippen LogP) is 3.45. The van der Waals surface area contributed by atoms with Gasteiger partial charge < -0.3 is 0 Å². The topological polar surface area (TPSA) is 0 Å². The molecule has 0 nitrogen and oxygen atoms in total. The Morgan fingerprint density at radius 2 is 1.91 bits per heavy atom. The van der Waals surface area contributed by atoms with Gasteiger partial charge in [-0.1, -0.05) is 38.0 Å². The van der Waals surface area contributed by atoms with Crippen molar-refractivity contribution in [1.82, 2.24) is 0 Å². The fourth-order valence-electron chi connectivity index (χ4n) is 1.56. The maximum absolute atomic E-state index is 5.59. The van der Waals surface area contributed by atoms with E-state index in [1.165, 1.54) is 50.6 Å². The van der Waals surface area contributed by atoms with Crippen LogP contribution in [0.2, 0.25) is 0 Å². The number of hydrogen-bond acceptors (Lipinski definition) is 1. The normalized spacial score (nSPS) is 21.2. The molecule has 1 fully saturated rings. The second-order valence-electron chi connectivity index (χ2n) is 3.64. The lowest BCUT2D eigenvalue weighted by Gasteiger charge is -2.30. The average Bonchev–Trinajstić information content (AvgIpc) is 1.95. The Morgan fingerprint density at radius 1 is 1.18 bits per heavy atom. The van der Waals surface area contributed by atoms with Gasteiger partial charge in [0, 0.05) is 0 Å². The van der Waals surface area contributed by atoms with Crippen LogP contribution in [0.1, 0.15) is 39.0 Å². The second-order valence-corrected chi connectivity index (χ2v) is 9.42. The first-order valence-electron chi connectivity index (χ1n) is 4.84. The molecule has 1 rings (SSSR count). The lowest BCUT2D eigenvalue weighted by atomic mass is 10.2. The van der Waals surface area contributed by atoms with Gasteiger partial charge in [0.25, 0.3) is 0 Å². The highest BCUT2D eigenvalue weighted by Gasteiger charge is 2.23. The van der Waals surface area contributed by atoms with E-state index >= 15 is 0 Å². The molecular weight excluding hydrogens is 171 g/mol. The quantitative estimate of drug-likeness (QED) is 0.472. The third-order valence-electron chi connectivity index (χ3n) is 2.55. The van der Waals surface area contributed by atoms with Gasteiger partial charge in [0.1, 0.15) is 0 Å². The van der Waals surface area contributed by atoms with Gasteiger partial charge >= 0.3 is 0 Å². The maximum Gasteiger partial charge on any atom is -0.0231 e. The van der Waals surface area contributed by atoms with E-state index in [0.29, 0.717) is 0 Å². The minimum atomic E-state index is -0.700. The zero-order valence-corrected chi connectivity index (χ0v) is 9.22. The Labute approximate surface area is 75.8 Å². The van der Waals surface area contributed by atoms with Gasteiger partial charge in [0.2, 0.25) is 0 Å². The van der Waals surface area contributed by atoms with E-state index in [4.69, 9.17) is 11.8 Å². The summed E-state index contributed by atoms with van der Waals surface area (Å²) in [6.07, 6.45) is 11.3. The summed E-state index contributed by atoms with van der Waals surface area (Å²) in [5, 5.41) is 0. The van der Waals surface area contributed by atoms with Crippen molar-refractivity contribution < 1.29 is 0 Å². The summed E-state index contributed by atoms with van der Waals surface area (Å²) in [5.41, 5.74) is 0. The van der Waals surface area contributed by atoms with E-state index in [9.17, 15) is 0 Å². The summed E-state index contributed by atoms with van der Waals surface area (Å²) in [4.78, 5) is 0. The van der Waals surface area contributed by atoms with E-state index in [0.717, 1.165) is 0 Å². The van der Waals surface area contributed by atoms with Crippen LogP contribution in [-0.4, -0.2) is 18.5 Å². The molecule has 0 aromatic heterocycles. The van der Waals surface area contributed by atoms with E-state index < -0.39 is 6.04 Å². The molecule has 1 aliphatic rings. The molecule has 0 aliphatic carbocycles. The number of unbranched alkanes of at least 4 members (excludes halogenated alkanes) is 3. The Morgan fingerprint density at radius 3 is 2.36 bits per heavy atom. The number of hydrogen-bond donors (Lipinski definition) is 0. The van der Waals surface area contributed by atoms with Gasteiger partial charge in [-0.15, -0.1) is 0 Å². The molecule has 1 aliphatic heterocycles. The van der Waals surface area contributed by atoms with Gasteiger partial charge in [-0.3, -0.25) is 0 Å². The number of rotatable bonds is 5. The van der Waals surface area contributed by atoms with Crippen LogP contribution in [0.4, 0.5) is 0 Å². The summed E-state index contributed by atoms with van der Waals surface area (Å²) >= 11 is 5.59. The Hall–Kier alpha value is 0.650. The fraction of sp³-hybridized carbons (Fsp3) is 1.00. The Kier molecular flexibility index (Phi) is 4.09. The smallest absolute Gasteiger partial charge is 0.0231 e. The Balaban J connectivity index is 1.98. The summed E-state index contributed by atoms with van der Waals surface area (Å²) in [6, 6.07) is -0.700. The SMILES string of the molecule is CCCCCCP1(=S)CCC1. The van der Waals surface area contributed by atoms with Crippen molar-refractivity contribution in [3.63, 3.8) is 0 Å². The lowest BCUT2D eigenvalue weighted by Crippen LogP contribution is -2.11. The monoisotopic (exact) mass is 190 g/mol. The largest absolute Gasteiger partial charge is 0.0975 e. The van der Waals surface area contributed by atoms with Crippen LogP contribution in [0.25, 0.3) is 0 Å². The van der Waals surface area contributed by atoms with Gasteiger partial charge in [-0.05, 0) is 37.4 Å². The molecule has 0 saturated carbocycles. The fourth-order valence-corrected chi connectivity index (χ4v) is 4.99. The standard InChI is InChI=1S/C9H19PS/c1-2-3-4-5-7-10(11)8-6-9-10/h2-9H2,1H3. The molecular formula is C9H19PS. The van der Waals surface area contributed by atoms with E-state index in [1.54, 1.807) is 0 Å². The molecule has 0 bridgehead atoms. The first-order chi connectivity index (χ1) is 5.27. The zero-order valence-electron chi connectivity index (χ0n) is 7.51. The first-order valence-corrected chi connectivity index (χ1v) is 8.20. The molecule has 66 valence electrons. The lowest BCUT2D eigenvalue weighted by molar-refractivity contribution is 0.702. The summed E-state index contributed by atoms with van der Waals surface area (Å²) in [7, 11) is 0. The van der Waals surface area contributed by atoms with Crippen LogP contribution in [-0.2, 0) is 11.8 Å². The highest BCUT2D eigenvalue weighted by Crippen LogP contribution is 2.55. The summed E-state index contributed by atoms with van der Waals surface area (Å²) < 4.78 is 0. The van der Waals surface area contributed by atoms with E-state index in [1.807, 2.05) is 0 Å². The van der Waals surface area contributed by atoms with E-state index in [-0.39, 0.29) is 0 Å². The van der Waals surface area contributed by atoms with Crippen LogP contribution >= 0.6 is 6.04 Å². The van der Waals surface area contributed by atoms with Crippen LogP contribution < -0.4 is 0 Å². The molecule has 2 heteroatoms. The first kappa shape index (κ1) is 9.74. The molecule has 0 amide bonds. The molecule has 1 saturated heterocycles. The van der Waals surface area contributed by atoms with Gasteiger partial charge in [-0.25, -0.2) is 0 Å². The molecule has 0 atom stereocenters. The summed E-state index contributed by atoms with van der Waals surface area (Å²) in [5.74, 6) is 0. The molecule has 1 heterocycles. The van der Waals surface area contributed by atoms with Crippen LogP contribution in [0, 0.1) is 0 Å². The molecule has 0 aromatic carbocycles. The van der Waals surface area contributed by atoms with Crippen molar-refractivity contribution in [3.8, 4) is 0 Å². The molecule has 0 unspecified atom stereocenters. The minimum absolute atomic E-state index is 0.700. The van der Waals surface area contributed by atoms with Crippen molar-refractivity contribution in [1.29, 1.82) is 0 Å². The molecule has 0 aromatic rings. The van der Waals surface area contributed by atoms with Crippen LogP contribution in [0.3, 0.4) is 0 Å². The highest BCUT2D eigenvalue weighted by molar-refractivity contribution is 8.15. The second kappa shape index (κ2) is 4.62. The van der Waals surface area contributed by atoms with Crippen molar-refractivity contribution >= 4 is 17.8 Å². The third-order valence-corrected chi connectivity index (χ3v) is 7.59. The maximum atomic E-state index is 5.59. The third kappa shape index (κ3) is 3.25. The minimum Gasteiger partial charge on any atom is -0.0975 e. The molecule has 0 radical (unpaired) electrons. The summed E-state index contributed by atoms with van der Waals surface area (Å²) in [6.45, 7) is 2.27. The van der Waals surface area contributed by atoms with E-state index in [2.05, 4.69) is 6.92 Å². The molecule has 0 N–H and O–H groups in total. The predicted molar refractivity (Wildman–Crippen MR) is 57.6 cm³/mol. The van der Waals surface area contributed by atoms with Crippen molar-refractivity contribution in [3.05, 3.63) is 0 Å². The van der Waals surface area contributed by atoms with Crippen LogP contribution in [0.5, 0.6) is 0 Å². The van der Waals surface area contributed by atoms with Gasteiger partial charge in [-0.2, -0.15) is 0 Å². The van der Waals surface area contributed by atoms with Crippen molar-refractivity contribution in [2.24, 2.45) is 0 Å². The van der Waals surface area contributed by atoms with Crippen LogP contribution in [0.15, 0.2) is 0 Å². The van der Waals surface area contributed by atoms with Gasteiger partial charge in [0.15, 0.2) is 0 Å². The average molecular weight is 190 g/mol. The highest BCUT2D eigenvalue weighted by atomic mass is 32.4.